The summed E-state index contributed by atoms with van der Waals surface area (Å²) in [4.78, 5) is 11.9. The number of rotatable bonds is 3. The van der Waals surface area contributed by atoms with Crippen LogP contribution in [-0.4, -0.2) is 18.5 Å². The number of carbonyl (C=O) groups is 1. The van der Waals surface area contributed by atoms with E-state index in [4.69, 9.17) is 0 Å². The highest BCUT2D eigenvalue weighted by Gasteiger charge is 2.21. The number of nitrogens with one attached hydrogen (secondary N) is 2. The molecule has 2 N–H and O–H groups in total. The number of amides is 1. The molecule has 1 unspecified atom stereocenters. The highest BCUT2D eigenvalue weighted by Crippen LogP contribution is 2.22. The average molecular weight is 297 g/mol. The van der Waals surface area contributed by atoms with Crippen molar-refractivity contribution in [3.63, 3.8) is 0 Å². The average Bonchev–Trinajstić information content (AvgIpc) is 2.89. The van der Waals surface area contributed by atoms with Gasteiger partial charge in [-0.05, 0) is 35.9 Å². The largest absolute Gasteiger partial charge is 0.351 e. The van der Waals surface area contributed by atoms with Gasteiger partial charge in [0.2, 0.25) is 5.91 Å². The van der Waals surface area contributed by atoms with Crippen molar-refractivity contribution in [1.29, 1.82) is 0 Å². The van der Waals surface area contributed by atoms with Gasteiger partial charge >= 0.3 is 0 Å². The van der Waals surface area contributed by atoms with E-state index < -0.39 is 0 Å². The molecule has 0 bridgehead atoms. The van der Waals surface area contributed by atoms with Crippen molar-refractivity contribution < 1.29 is 4.79 Å². The van der Waals surface area contributed by atoms with Gasteiger partial charge in [0, 0.05) is 6.54 Å². The zero-order valence-corrected chi connectivity index (χ0v) is 13.3. The third kappa shape index (κ3) is 4.50. The molecule has 0 radical (unpaired) electrons. The molecule has 3 nitrogen and oxygen atoms in total. The summed E-state index contributed by atoms with van der Waals surface area (Å²) in [5, 5.41) is 6.21. The van der Waals surface area contributed by atoms with E-state index in [1.165, 1.54) is 5.56 Å². The van der Waals surface area contributed by atoms with E-state index in [1.807, 2.05) is 0 Å². The van der Waals surface area contributed by atoms with Crippen LogP contribution in [-0.2, 0) is 16.8 Å². The van der Waals surface area contributed by atoms with Gasteiger partial charge in [0.25, 0.3) is 0 Å². The third-order valence-electron chi connectivity index (χ3n) is 3.66. The van der Waals surface area contributed by atoms with Crippen LogP contribution in [0, 0.1) is 0 Å². The van der Waals surface area contributed by atoms with Gasteiger partial charge in [-0.25, -0.2) is 0 Å². The SMILES string of the molecule is CC(C)(C)c1ccc(CNC(=O)C2CCCN2)cc1.Cl. The van der Waals surface area contributed by atoms with Crippen LogP contribution in [0.3, 0.4) is 0 Å². The van der Waals surface area contributed by atoms with Crippen LogP contribution in [0.4, 0.5) is 0 Å². The molecule has 1 aliphatic rings. The molecule has 1 saturated heterocycles. The van der Waals surface area contributed by atoms with Crippen LogP contribution < -0.4 is 10.6 Å². The van der Waals surface area contributed by atoms with Crippen LogP contribution in [0.25, 0.3) is 0 Å². The standard InChI is InChI=1S/C16H24N2O.ClH/c1-16(2,3)13-8-6-12(7-9-13)11-18-15(19)14-5-4-10-17-14;/h6-9,14,17H,4-5,10-11H2,1-3H3,(H,18,19);1H. The van der Waals surface area contributed by atoms with Gasteiger partial charge < -0.3 is 10.6 Å². The van der Waals surface area contributed by atoms with Crippen molar-refractivity contribution in [2.24, 2.45) is 0 Å². The summed E-state index contributed by atoms with van der Waals surface area (Å²) < 4.78 is 0. The van der Waals surface area contributed by atoms with Crippen molar-refractivity contribution in [1.82, 2.24) is 10.6 Å². The monoisotopic (exact) mass is 296 g/mol. The predicted octanol–water partition coefficient (Wildman–Crippen LogP) is 2.77. The maximum Gasteiger partial charge on any atom is 0.237 e. The Hall–Kier alpha value is -1.06. The Morgan fingerprint density at radius 2 is 1.95 bits per heavy atom. The minimum absolute atomic E-state index is 0. The van der Waals surface area contributed by atoms with Crippen molar-refractivity contribution in [3.8, 4) is 0 Å². The van der Waals surface area contributed by atoms with Crippen LogP contribution in [0.2, 0.25) is 0 Å². The maximum atomic E-state index is 11.9. The smallest absolute Gasteiger partial charge is 0.237 e. The summed E-state index contributed by atoms with van der Waals surface area (Å²) in [7, 11) is 0. The summed E-state index contributed by atoms with van der Waals surface area (Å²) >= 11 is 0. The Balaban J connectivity index is 0.00000200. The molecule has 1 fully saturated rings. The number of hydrogen-bond acceptors (Lipinski definition) is 2. The molecule has 2 rings (SSSR count). The molecule has 1 aliphatic heterocycles. The van der Waals surface area contributed by atoms with Gasteiger partial charge in [-0.2, -0.15) is 0 Å². The molecule has 0 spiro atoms. The fraction of sp³-hybridized carbons (Fsp3) is 0.562. The summed E-state index contributed by atoms with van der Waals surface area (Å²) in [6, 6.07) is 8.50. The Morgan fingerprint density at radius 1 is 1.30 bits per heavy atom. The topological polar surface area (TPSA) is 41.1 Å². The van der Waals surface area contributed by atoms with Crippen LogP contribution in [0.1, 0.15) is 44.7 Å². The summed E-state index contributed by atoms with van der Waals surface area (Å²) in [6.07, 6.45) is 2.05. The van der Waals surface area contributed by atoms with Gasteiger partial charge in [-0.1, -0.05) is 45.0 Å². The normalized spacial score (nSPS) is 18.4. The zero-order valence-electron chi connectivity index (χ0n) is 12.5. The summed E-state index contributed by atoms with van der Waals surface area (Å²) in [6.45, 7) is 8.18. The van der Waals surface area contributed by atoms with Gasteiger partial charge in [0.05, 0.1) is 6.04 Å². The van der Waals surface area contributed by atoms with E-state index in [0.717, 1.165) is 24.9 Å². The first-order valence-electron chi connectivity index (χ1n) is 7.07. The number of hydrogen-bond donors (Lipinski definition) is 2. The first-order chi connectivity index (χ1) is 8.97. The van der Waals surface area contributed by atoms with E-state index in [1.54, 1.807) is 0 Å². The second kappa shape index (κ2) is 7.09. The van der Waals surface area contributed by atoms with Gasteiger partial charge in [0.15, 0.2) is 0 Å². The molecule has 1 aromatic carbocycles. The lowest BCUT2D eigenvalue weighted by Gasteiger charge is -2.19. The first kappa shape index (κ1) is 17.0. The van der Waals surface area contributed by atoms with E-state index >= 15 is 0 Å². The molecule has 112 valence electrons. The van der Waals surface area contributed by atoms with Crippen molar-refractivity contribution in [2.75, 3.05) is 6.54 Å². The Kier molecular flexibility index (Phi) is 6.03. The highest BCUT2D eigenvalue weighted by molar-refractivity contribution is 5.85. The molecule has 1 heterocycles. The number of carbonyl (C=O) groups excluding carboxylic acids is 1. The highest BCUT2D eigenvalue weighted by atomic mass is 35.5. The van der Waals surface area contributed by atoms with Gasteiger partial charge in [0.1, 0.15) is 0 Å². The molecule has 1 atom stereocenters. The summed E-state index contributed by atoms with van der Waals surface area (Å²) in [5.74, 6) is 0.123. The quantitative estimate of drug-likeness (QED) is 0.900. The molecular weight excluding hydrogens is 272 g/mol. The molecule has 0 saturated carbocycles. The fourth-order valence-electron chi connectivity index (χ4n) is 2.34. The maximum absolute atomic E-state index is 11.9. The minimum Gasteiger partial charge on any atom is -0.351 e. The lowest BCUT2D eigenvalue weighted by molar-refractivity contribution is -0.122. The molecule has 0 aliphatic carbocycles. The molecule has 1 aromatic rings. The lowest BCUT2D eigenvalue weighted by atomic mass is 9.87. The molecule has 0 aromatic heterocycles. The Morgan fingerprint density at radius 3 is 2.45 bits per heavy atom. The zero-order chi connectivity index (χ0) is 13.9. The molecule has 4 heteroatoms. The van der Waals surface area contributed by atoms with Crippen molar-refractivity contribution >= 4 is 18.3 Å². The molecule has 20 heavy (non-hydrogen) atoms. The lowest BCUT2D eigenvalue weighted by Crippen LogP contribution is -2.39. The summed E-state index contributed by atoms with van der Waals surface area (Å²) in [5.41, 5.74) is 2.65. The van der Waals surface area contributed by atoms with Crippen LogP contribution >= 0.6 is 12.4 Å². The predicted molar refractivity (Wildman–Crippen MR) is 85.3 cm³/mol. The van der Waals surface area contributed by atoms with E-state index in [9.17, 15) is 4.79 Å². The van der Waals surface area contributed by atoms with E-state index in [-0.39, 0.29) is 29.8 Å². The molecule has 1 amide bonds. The van der Waals surface area contributed by atoms with Crippen LogP contribution in [0.5, 0.6) is 0 Å². The van der Waals surface area contributed by atoms with E-state index in [2.05, 4.69) is 55.7 Å². The molecular formula is C16H25ClN2O. The Labute approximate surface area is 127 Å². The Bertz CT molecular complexity index is 431. The third-order valence-corrected chi connectivity index (χ3v) is 3.66. The number of halogens is 1. The minimum atomic E-state index is 0. The van der Waals surface area contributed by atoms with Crippen LogP contribution in [0.15, 0.2) is 24.3 Å². The van der Waals surface area contributed by atoms with Gasteiger partial charge in [-0.15, -0.1) is 12.4 Å². The second-order valence-electron chi connectivity index (χ2n) is 6.31. The van der Waals surface area contributed by atoms with E-state index in [0.29, 0.717) is 6.54 Å². The fourth-order valence-corrected chi connectivity index (χ4v) is 2.34. The number of benzene rings is 1. The van der Waals surface area contributed by atoms with Gasteiger partial charge in [-0.3, -0.25) is 4.79 Å². The van der Waals surface area contributed by atoms with Crippen molar-refractivity contribution in [3.05, 3.63) is 35.4 Å². The first-order valence-corrected chi connectivity index (χ1v) is 7.07. The second-order valence-corrected chi connectivity index (χ2v) is 6.31. The van der Waals surface area contributed by atoms with Crippen molar-refractivity contribution in [2.45, 2.75) is 51.6 Å².